The molecule has 0 aromatic heterocycles. The van der Waals surface area contributed by atoms with Crippen LogP contribution in [-0.2, 0) is 4.79 Å². The van der Waals surface area contributed by atoms with Gasteiger partial charge in [0, 0.05) is 44.7 Å². The first-order valence-corrected chi connectivity index (χ1v) is 11.8. The molecule has 1 aliphatic carbocycles. The molecule has 2 heterocycles. The van der Waals surface area contributed by atoms with Gasteiger partial charge in [-0.05, 0) is 51.5 Å². The third kappa shape index (κ3) is 6.10. The maximum absolute atomic E-state index is 11.9. The van der Waals surface area contributed by atoms with E-state index in [9.17, 15) is 4.79 Å². The molecule has 28 heavy (non-hydrogen) atoms. The van der Waals surface area contributed by atoms with E-state index in [1.54, 1.807) is 0 Å². The van der Waals surface area contributed by atoms with Gasteiger partial charge in [0.15, 0.2) is 5.96 Å². The molecular formula is C22H41N5O. The molecule has 160 valence electrons. The predicted molar refractivity (Wildman–Crippen MR) is 116 cm³/mol. The van der Waals surface area contributed by atoms with E-state index in [-0.39, 0.29) is 5.91 Å². The van der Waals surface area contributed by atoms with Gasteiger partial charge in [0.05, 0.1) is 6.54 Å². The van der Waals surface area contributed by atoms with E-state index in [0.29, 0.717) is 18.5 Å². The second-order valence-corrected chi connectivity index (χ2v) is 8.84. The first-order valence-electron chi connectivity index (χ1n) is 11.8. The maximum Gasteiger partial charge on any atom is 0.222 e. The highest BCUT2D eigenvalue weighted by molar-refractivity contribution is 5.80. The fourth-order valence-electron chi connectivity index (χ4n) is 5.08. The molecule has 0 spiro atoms. The quantitative estimate of drug-likeness (QED) is 0.517. The van der Waals surface area contributed by atoms with Gasteiger partial charge in [-0.2, -0.15) is 0 Å². The number of guanidine groups is 1. The minimum absolute atomic E-state index is 0.260. The van der Waals surface area contributed by atoms with Crippen LogP contribution >= 0.6 is 0 Å². The molecule has 2 unspecified atom stereocenters. The summed E-state index contributed by atoms with van der Waals surface area (Å²) in [4.78, 5) is 21.5. The molecule has 2 N–H and O–H groups in total. The van der Waals surface area contributed by atoms with Gasteiger partial charge in [-0.1, -0.05) is 26.2 Å². The lowest BCUT2D eigenvalue weighted by Gasteiger charge is -2.30. The normalized spacial score (nSPS) is 27.4. The number of rotatable bonds is 7. The van der Waals surface area contributed by atoms with E-state index in [2.05, 4.69) is 22.5 Å². The monoisotopic (exact) mass is 391 g/mol. The number of hydrogen-bond donors (Lipinski definition) is 2. The molecule has 3 fully saturated rings. The zero-order chi connectivity index (χ0) is 19.8. The van der Waals surface area contributed by atoms with Gasteiger partial charge in [-0.15, -0.1) is 0 Å². The summed E-state index contributed by atoms with van der Waals surface area (Å²) < 4.78 is 0. The van der Waals surface area contributed by atoms with Crippen LogP contribution in [0, 0.1) is 5.92 Å². The molecule has 1 saturated carbocycles. The topological polar surface area (TPSA) is 60.0 Å². The average molecular weight is 392 g/mol. The molecule has 0 aromatic rings. The minimum atomic E-state index is 0.260. The maximum atomic E-state index is 11.9. The van der Waals surface area contributed by atoms with Gasteiger partial charge in [-0.3, -0.25) is 14.7 Å². The summed E-state index contributed by atoms with van der Waals surface area (Å²) in [6.07, 6.45) is 11.3. The van der Waals surface area contributed by atoms with Crippen molar-refractivity contribution in [2.45, 2.75) is 83.7 Å². The van der Waals surface area contributed by atoms with Crippen molar-refractivity contribution in [2.75, 3.05) is 39.3 Å². The molecule has 1 amide bonds. The highest BCUT2D eigenvalue weighted by Crippen LogP contribution is 2.27. The van der Waals surface area contributed by atoms with Crippen molar-refractivity contribution in [1.29, 1.82) is 0 Å². The van der Waals surface area contributed by atoms with Crippen molar-refractivity contribution in [2.24, 2.45) is 10.9 Å². The molecule has 0 radical (unpaired) electrons. The van der Waals surface area contributed by atoms with Gasteiger partial charge >= 0.3 is 0 Å². The Balaban J connectivity index is 1.49. The largest absolute Gasteiger partial charge is 0.357 e. The van der Waals surface area contributed by atoms with Crippen LogP contribution in [0.5, 0.6) is 0 Å². The molecule has 6 heteroatoms. The highest BCUT2D eigenvalue weighted by atomic mass is 16.2. The number of aliphatic imine (C=N–C) groups is 1. The summed E-state index contributed by atoms with van der Waals surface area (Å²) >= 11 is 0. The summed E-state index contributed by atoms with van der Waals surface area (Å²) in [5.74, 6) is 2.09. The summed E-state index contributed by atoms with van der Waals surface area (Å²) in [6, 6.07) is 0.911. The van der Waals surface area contributed by atoms with E-state index >= 15 is 0 Å². The number of carbonyl (C=O) groups excluding carboxylic acids is 1. The number of nitrogens with zero attached hydrogens (tertiary/aromatic N) is 3. The van der Waals surface area contributed by atoms with Crippen LogP contribution in [0.2, 0.25) is 0 Å². The Morgan fingerprint density at radius 1 is 1.04 bits per heavy atom. The van der Waals surface area contributed by atoms with Crippen LogP contribution in [-0.4, -0.2) is 73.0 Å². The van der Waals surface area contributed by atoms with E-state index in [0.717, 1.165) is 44.5 Å². The summed E-state index contributed by atoms with van der Waals surface area (Å²) in [5, 5.41) is 6.98. The zero-order valence-corrected chi connectivity index (χ0v) is 18.1. The number of nitrogens with one attached hydrogen (secondary N) is 2. The fourth-order valence-corrected chi connectivity index (χ4v) is 5.08. The van der Waals surface area contributed by atoms with Crippen LogP contribution in [0.1, 0.15) is 71.6 Å². The number of amides is 1. The first-order chi connectivity index (χ1) is 13.7. The first kappa shape index (κ1) is 21.4. The highest BCUT2D eigenvalue weighted by Gasteiger charge is 2.28. The molecule has 6 nitrogen and oxygen atoms in total. The Labute approximate surface area is 171 Å². The van der Waals surface area contributed by atoms with Crippen molar-refractivity contribution >= 4 is 11.9 Å². The lowest BCUT2D eigenvalue weighted by atomic mass is 9.89. The fraction of sp³-hybridized carbons (Fsp3) is 0.909. The van der Waals surface area contributed by atoms with Crippen LogP contribution < -0.4 is 10.6 Å². The second kappa shape index (κ2) is 11.0. The third-order valence-corrected chi connectivity index (χ3v) is 6.71. The molecule has 2 atom stereocenters. The molecule has 3 rings (SSSR count). The predicted octanol–water partition coefficient (Wildman–Crippen LogP) is 2.60. The number of carbonyl (C=O) groups is 1. The molecule has 0 bridgehead atoms. The van der Waals surface area contributed by atoms with Gasteiger partial charge < -0.3 is 15.5 Å². The Kier molecular flexibility index (Phi) is 8.44. The van der Waals surface area contributed by atoms with Gasteiger partial charge in [-0.25, -0.2) is 0 Å². The summed E-state index contributed by atoms with van der Waals surface area (Å²) in [7, 11) is 0. The molecule has 2 aliphatic heterocycles. The van der Waals surface area contributed by atoms with Gasteiger partial charge in [0.25, 0.3) is 0 Å². The Morgan fingerprint density at radius 2 is 1.86 bits per heavy atom. The number of hydrogen-bond acceptors (Lipinski definition) is 3. The third-order valence-electron chi connectivity index (χ3n) is 6.71. The standard InChI is InChI=1S/C22H41N5O/c1-3-21(28)27-14-12-19(17-27)25-22(23-4-2)24-15-20-11-8-13-26(20)16-18-9-6-5-7-10-18/h18-20H,3-17H2,1-2H3,(H2,23,24,25). The van der Waals surface area contributed by atoms with Crippen molar-refractivity contribution in [3.05, 3.63) is 0 Å². The number of likely N-dealkylation sites (tertiary alicyclic amines) is 2. The zero-order valence-electron chi connectivity index (χ0n) is 18.1. The van der Waals surface area contributed by atoms with Crippen LogP contribution in [0.25, 0.3) is 0 Å². The smallest absolute Gasteiger partial charge is 0.222 e. The summed E-state index contributed by atoms with van der Waals surface area (Å²) in [6.45, 7) is 9.99. The van der Waals surface area contributed by atoms with E-state index < -0.39 is 0 Å². The Morgan fingerprint density at radius 3 is 2.61 bits per heavy atom. The van der Waals surface area contributed by atoms with Crippen molar-refractivity contribution < 1.29 is 4.79 Å². The van der Waals surface area contributed by atoms with Crippen LogP contribution in [0.15, 0.2) is 4.99 Å². The van der Waals surface area contributed by atoms with Crippen molar-refractivity contribution in [1.82, 2.24) is 20.4 Å². The lowest BCUT2D eigenvalue weighted by Crippen LogP contribution is -2.45. The van der Waals surface area contributed by atoms with E-state index in [1.165, 1.54) is 58.0 Å². The summed E-state index contributed by atoms with van der Waals surface area (Å²) in [5.41, 5.74) is 0. The van der Waals surface area contributed by atoms with Crippen LogP contribution in [0.4, 0.5) is 0 Å². The van der Waals surface area contributed by atoms with Crippen LogP contribution in [0.3, 0.4) is 0 Å². The van der Waals surface area contributed by atoms with Crippen molar-refractivity contribution in [3.8, 4) is 0 Å². The molecular weight excluding hydrogens is 350 g/mol. The molecule has 0 aromatic carbocycles. The SMILES string of the molecule is CCNC(=NCC1CCCN1CC1CCCCC1)NC1CCN(C(=O)CC)C1. The van der Waals surface area contributed by atoms with Gasteiger partial charge in [0.2, 0.25) is 5.91 Å². The van der Waals surface area contributed by atoms with E-state index in [4.69, 9.17) is 4.99 Å². The average Bonchev–Trinajstić information content (AvgIpc) is 3.36. The van der Waals surface area contributed by atoms with E-state index in [1.807, 2.05) is 11.8 Å². The second-order valence-electron chi connectivity index (χ2n) is 8.84. The van der Waals surface area contributed by atoms with Crippen molar-refractivity contribution in [3.63, 3.8) is 0 Å². The Bertz CT molecular complexity index is 517. The lowest BCUT2D eigenvalue weighted by molar-refractivity contribution is -0.129. The molecule has 2 saturated heterocycles. The Hall–Kier alpha value is -1.30. The molecule has 3 aliphatic rings. The minimum Gasteiger partial charge on any atom is -0.357 e. The van der Waals surface area contributed by atoms with Gasteiger partial charge in [0.1, 0.15) is 0 Å².